The standard InChI is InChI=1S/C12H12N2S2/c1-3-11(15-7-1)9-13-5-6-14-10-12-4-2-8-16-12/h1-4,7-10H,5-6H2. The first-order valence-electron chi connectivity index (χ1n) is 5.02. The minimum atomic E-state index is 0.750. The molecule has 0 unspecified atom stereocenters. The average molecular weight is 248 g/mol. The van der Waals surface area contributed by atoms with Gasteiger partial charge in [-0.2, -0.15) is 0 Å². The van der Waals surface area contributed by atoms with Crippen molar-refractivity contribution in [1.29, 1.82) is 0 Å². The quantitative estimate of drug-likeness (QED) is 0.572. The minimum absolute atomic E-state index is 0.750. The fourth-order valence-electron chi connectivity index (χ4n) is 1.15. The Morgan fingerprint density at radius 1 is 0.875 bits per heavy atom. The molecule has 2 nitrogen and oxygen atoms in total. The number of hydrogen-bond donors (Lipinski definition) is 0. The molecule has 0 amide bonds. The molecule has 0 bridgehead atoms. The van der Waals surface area contributed by atoms with Crippen LogP contribution in [-0.4, -0.2) is 25.5 Å². The van der Waals surface area contributed by atoms with Crippen LogP contribution in [0.15, 0.2) is 45.0 Å². The molecule has 2 rings (SSSR count). The van der Waals surface area contributed by atoms with Crippen molar-refractivity contribution in [3.8, 4) is 0 Å². The Balaban J connectivity index is 1.69. The molecular weight excluding hydrogens is 236 g/mol. The molecule has 82 valence electrons. The second-order valence-corrected chi connectivity index (χ2v) is 5.06. The third-order valence-electron chi connectivity index (χ3n) is 1.88. The van der Waals surface area contributed by atoms with E-state index in [1.54, 1.807) is 22.7 Å². The molecule has 16 heavy (non-hydrogen) atoms. The van der Waals surface area contributed by atoms with Crippen LogP contribution in [0, 0.1) is 0 Å². The number of hydrogen-bond acceptors (Lipinski definition) is 4. The lowest BCUT2D eigenvalue weighted by molar-refractivity contribution is 0.986. The van der Waals surface area contributed by atoms with Gasteiger partial charge in [0, 0.05) is 22.2 Å². The van der Waals surface area contributed by atoms with Crippen LogP contribution in [0.1, 0.15) is 9.75 Å². The topological polar surface area (TPSA) is 24.7 Å². The highest BCUT2D eigenvalue weighted by atomic mass is 32.1. The predicted octanol–water partition coefficient (Wildman–Crippen LogP) is 3.35. The van der Waals surface area contributed by atoms with Crippen molar-refractivity contribution in [1.82, 2.24) is 0 Å². The summed E-state index contributed by atoms with van der Waals surface area (Å²) < 4.78 is 0. The molecule has 0 aliphatic rings. The first-order chi connectivity index (χ1) is 7.95. The molecule has 2 aromatic rings. The lowest BCUT2D eigenvalue weighted by Gasteiger charge is -1.88. The molecular formula is C12H12N2S2. The summed E-state index contributed by atoms with van der Waals surface area (Å²) in [5, 5.41) is 4.10. The van der Waals surface area contributed by atoms with E-state index in [9.17, 15) is 0 Å². The van der Waals surface area contributed by atoms with Crippen LogP contribution in [-0.2, 0) is 0 Å². The SMILES string of the molecule is C(=NCCN=Cc1cccs1)c1cccs1. The molecule has 2 heterocycles. The zero-order chi connectivity index (χ0) is 11.1. The molecule has 0 fully saturated rings. The number of nitrogens with zero attached hydrogens (tertiary/aromatic N) is 2. The van der Waals surface area contributed by atoms with Gasteiger partial charge in [-0.15, -0.1) is 22.7 Å². The van der Waals surface area contributed by atoms with Gasteiger partial charge >= 0.3 is 0 Å². The van der Waals surface area contributed by atoms with Crippen molar-refractivity contribution >= 4 is 35.1 Å². The third-order valence-corrected chi connectivity index (χ3v) is 3.50. The highest BCUT2D eigenvalue weighted by Gasteiger charge is 1.87. The Hall–Kier alpha value is -1.26. The van der Waals surface area contributed by atoms with Gasteiger partial charge in [-0.25, -0.2) is 0 Å². The maximum absolute atomic E-state index is 4.31. The maximum atomic E-state index is 4.31. The van der Waals surface area contributed by atoms with Gasteiger partial charge in [0.1, 0.15) is 0 Å². The Bertz CT molecular complexity index is 397. The smallest absolute Gasteiger partial charge is 0.0585 e. The zero-order valence-corrected chi connectivity index (χ0v) is 10.4. The second kappa shape index (κ2) is 6.35. The lowest BCUT2D eigenvalue weighted by atomic mass is 10.5. The fraction of sp³-hybridized carbons (Fsp3) is 0.167. The Kier molecular flexibility index (Phi) is 4.46. The first-order valence-corrected chi connectivity index (χ1v) is 6.78. The van der Waals surface area contributed by atoms with E-state index < -0.39 is 0 Å². The van der Waals surface area contributed by atoms with Crippen LogP contribution in [0.4, 0.5) is 0 Å². The number of rotatable bonds is 5. The van der Waals surface area contributed by atoms with Gasteiger partial charge in [-0.1, -0.05) is 12.1 Å². The fourth-order valence-corrected chi connectivity index (χ4v) is 2.37. The summed E-state index contributed by atoms with van der Waals surface area (Å²) in [6.07, 6.45) is 3.82. The lowest BCUT2D eigenvalue weighted by Crippen LogP contribution is -1.88. The molecule has 0 spiro atoms. The van der Waals surface area contributed by atoms with Crippen LogP contribution < -0.4 is 0 Å². The van der Waals surface area contributed by atoms with Crippen LogP contribution in [0.2, 0.25) is 0 Å². The van der Waals surface area contributed by atoms with Crippen molar-refractivity contribution in [2.24, 2.45) is 9.98 Å². The van der Waals surface area contributed by atoms with E-state index in [4.69, 9.17) is 0 Å². The predicted molar refractivity (Wildman–Crippen MR) is 73.6 cm³/mol. The Labute approximate surface area is 103 Å². The van der Waals surface area contributed by atoms with Gasteiger partial charge in [0.15, 0.2) is 0 Å². The number of aliphatic imine (C=N–C) groups is 2. The van der Waals surface area contributed by atoms with Gasteiger partial charge in [-0.3, -0.25) is 9.98 Å². The van der Waals surface area contributed by atoms with Crippen LogP contribution in [0.5, 0.6) is 0 Å². The van der Waals surface area contributed by atoms with E-state index >= 15 is 0 Å². The normalized spacial score (nSPS) is 11.8. The average Bonchev–Trinajstić information content (AvgIpc) is 2.96. The van der Waals surface area contributed by atoms with Gasteiger partial charge < -0.3 is 0 Å². The summed E-state index contributed by atoms with van der Waals surface area (Å²) in [5.74, 6) is 0. The minimum Gasteiger partial charge on any atom is -0.290 e. The van der Waals surface area contributed by atoms with Crippen molar-refractivity contribution in [2.75, 3.05) is 13.1 Å². The zero-order valence-electron chi connectivity index (χ0n) is 8.74. The Morgan fingerprint density at radius 2 is 1.38 bits per heavy atom. The summed E-state index contributed by atoms with van der Waals surface area (Å²) in [6, 6.07) is 8.17. The number of thiophene rings is 2. The van der Waals surface area contributed by atoms with E-state index in [-0.39, 0.29) is 0 Å². The van der Waals surface area contributed by atoms with E-state index in [1.807, 2.05) is 24.6 Å². The summed E-state index contributed by atoms with van der Waals surface area (Å²) in [5.41, 5.74) is 0. The molecule has 0 radical (unpaired) electrons. The molecule has 2 aromatic heterocycles. The van der Waals surface area contributed by atoms with Gasteiger partial charge in [-0.05, 0) is 22.9 Å². The third kappa shape index (κ3) is 3.72. The highest BCUT2D eigenvalue weighted by Crippen LogP contribution is 2.05. The second-order valence-electron chi connectivity index (χ2n) is 3.10. The van der Waals surface area contributed by atoms with E-state index in [2.05, 4.69) is 32.9 Å². The largest absolute Gasteiger partial charge is 0.290 e. The van der Waals surface area contributed by atoms with Crippen molar-refractivity contribution in [2.45, 2.75) is 0 Å². The van der Waals surface area contributed by atoms with Crippen LogP contribution in [0.3, 0.4) is 0 Å². The monoisotopic (exact) mass is 248 g/mol. The van der Waals surface area contributed by atoms with E-state index in [1.165, 1.54) is 9.75 Å². The molecule has 0 aromatic carbocycles. The van der Waals surface area contributed by atoms with Crippen molar-refractivity contribution in [3.63, 3.8) is 0 Å². The summed E-state index contributed by atoms with van der Waals surface area (Å²) in [6.45, 7) is 1.50. The molecule has 4 heteroatoms. The van der Waals surface area contributed by atoms with Crippen molar-refractivity contribution < 1.29 is 0 Å². The van der Waals surface area contributed by atoms with E-state index in [0.717, 1.165) is 13.1 Å². The summed E-state index contributed by atoms with van der Waals surface area (Å²) in [4.78, 5) is 11.0. The first kappa shape index (κ1) is 11.2. The van der Waals surface area contributed by atoms with Gasteiger partial charge in [0.05, 0.1) is 13.1 Å². The molecule has 0 atom stereocenters. The van der Waals surface area contributed by atoms with Crippen LogP contribution in [0.25, 0.3) is 0 Å². The highest BCUT2D eigenvalue weighted by molar-refractivity contribution is 7.12. The van der Waals surface area contributed by atoms with E-state index in [0.29, 0.717) is 0 Å². The summed E-state index contributed by atoms with van der Waals surface area (Å²) in [7, 11) is 0. The van der Waals surface area contributed by atoms with Crippen LogP contribution >= 0.6 is 22.7 Å². The molecule has 0 saturated carbocycles. The maximum Gasteiger partial charge on any atom is 0.0585 e. The molecule has 0 aliphatic carbocycles. The van der Waals surface area contributed by atoms with Gasteiger partial charge in [0.25, 0.3) is 0 Å². The molecule has 0 N–H and O–H groups in total. The van der Waals surface area contributed by atoms with Crippen molar-refractivity contribution in [3.05, 3.63) is 44.8 Å². The molecule has 0 aliphatic heterocycles. The van der Waals surface area contributed by atoms with Gasteiger partial charge in [0.2, 0.25) is 0 Å². The summed E-state index contributed by atoms with van der Waals surface area (Å²) >= 11 is 3.40. The molecule has 0 saturated heterocycles. The Morgan fingerprint density at radius 3 is 1.75 bits per heavy atom.